The molecule has 1 unspecified atom stereocenters. The lowest BCUT2D eigenvalue weighted by atomic mass is 10.0. The van der Waals surface area contributed by atoms with E-state index >= 15 is 0 Å². The Bertz CT molecular complexity index is 957. The number of rotatable bonds is 10. The molecule has 3 rings (SSSR count). The maximum absolute atomic E-state index is 12.4. The van der Waals surface area contributed by atoms with Gasteiger partial charge in [-0.15, -0.1) is 0 Å². The van der Waals surface area contributed by atoms with Crippen molar-refractivity contribution in [3.63, 3.8) is 0 Å². The largest absolute Gasteiger partial charge is 0.481 e. The molecule has 5 nitrogen and oxygen atoms in total. The number of benzene rings is 2. The van der Waals surface area contributed by atoms with Crippen molar-refractivity contribution in [2.75, 3.05) is 6.54 Å². The van der Waals surface area contributed by atoms with Crippen LogP contribution in [0.2, 0.25) is 5.02 Å². The molecule has 0 heterocycles. The number of carboxylic acid groups (broad SMARTS) is 1. The molecule has 1 aliphatic rings. The Kier molecular flexibility index (Phi) is 7.33. The van der Waals surface area contributed by atoms with Gasteiger partial charge in [0.1, 0.15) is 0 Å². The van der Waals surface area contributed by atoms with Crippen LogP contribution in [0.15, 0.2) is 47.4 Å². The van der Waals surface area contributed by atoms with Gasteiger partial charge < -0.3 is 5.11 Å². The number of aryl methyl sites for hydroxylation is 1. The van der Waals surface area contributed by atoms with E-state index in [9.17, 15) is 13.2 Å². The lowest BCUT2D eigenvalue weighted by molar-refractivity contribution is -0.137. The van der Waals surface area contributed by atoms with E-state index in [1.165, 1.54) is 28.8 Å². The fraction of sp³-hybridized carbons (Fsp3) is 0.409. The van der Waals surface area contributed by atoms with Gasteiger partial charge in [-0.3, -0.25) is 4.79 Å². The highest BCUT2D eigenvalue weighted by molar-refractivity contribution is 7.89. The molecule has 0 bridgehead atoms. The Labute approximate surface area is 177 Å². The Hall–Kier alpha value is -1.89. The van der Waals surface area contributed by atoms with Crippen LogP contribution in [0.1, 0.15) is 42.4 Å². The molecule has 2 aromatic carbocycles. The molecular formula is C22H26ClNO4S. The first-order valence-electron chi connectivity index (χ1n) is 9.91. The molecule has 29 heavy (non-hydrogen) atoms. The molecule has 0 saturated heterocycles. The van der Waals surface area contributed by atoms with Crippen molar-refractivity contribution in [1.29, 1.82) is 0 Å². The lowest BCUT2D eigenvalue weighted by Crippen LogP contribution is -2.29. The average Bonchev–Trinajstić information content (AvgIpc) is 3.09. The summed E-state index contributed by atoms with van der Waals surface area (Å²) in [7, 11) is -3.53. The number of hydrogen-bond acceptors (Lipinski definition) is 3. The predicted molar refractivity (Wildman–Crippen MR) is 114 cm³/mol. The summed E-state index contributed by atoms with van der Waals surface area (Å²) in [5.74, 6) is -0.488. The lowest BCUT2D eigenvalue weighted by Gasteiger charge is -2.11. The molecular weight excluding hydrogens is 410 g/mol. The molecule has 7 heteroatoms. The summed E-state index contributed by atoms with van der Waals surface area (Å²) in [5, 5.41) is 9.19. The number of carbonyl (C=O) groups is 1. The molecule has 156 valence electrons. The van der Waals surface area contributed by atoms with Gasteiger partial charge in [-0.05, 0) is 79.0 Å². The van der Waals surface area contributed by atoms with Gasteiger partial charge in [0.25, 0.3) is 0 Å². The van der Waals surface area contributed by atoms with Crippen LogP contribution in [-0.4, -0.2) is 26.0 Å². The predicted octanol–water partition coefficient (Wildman–Crippen LogP) is 4.22. The molecule has 1 aliphatic carbocycles. The zero-order valence-electron chi connectivity index (χ0n) is 16.2. The van der Waals surface area contributed by atoms with Crippen molar-refractivity contribution in [2.24, 2.45) is 5.92 Å². The first-order chi connectivity index (χ1) is 13.8. The van der Waals surface area contributed by atoms with Crippen molar-refractivity contribution < 1.29 is 18.3 Å². The highest BCUT2D eigenvalue weighted by Crippen LogP contribution is 2.28. The first-order valence-corrected chi connectivity index (χ1v) is 11.8. The van der Waals surface area contributed by atoms with Gasteiger partial charge in [0.2, 0.25) is 10.0 Å². The minimum absolute atomic E-state index is 0.225. The van der Waals surface area contributed by atoms with Crippen LogP contribution in [0.4, 0.5) is 0 Å². The summed E-state index contributed by atoms with van der Waals surface area (Å²) in [6, 6.07) is 12.7. The highest BCUT2D eigenvalue weighted by Gasteiger charge is 2.24. The molecule has 0 radical (unpaired) electrons. The minimum atomic E-state index is -3.53. The second kappa shape index (κ2) is 9.74. The monoisotopic (exact) mass is 435 g/mol. The van der Waals surface area contributed by atoms with Gasteiger partial charge in [0.05, 0.1) is 4.90 Å². The fourth-order valence-corrected chi connectivity index (χ4v) is 5.01. The zero-order chi connectivity index (χ0) is 20.9. The molecule has 0 saturated carbocycles. The summed E-state index contributed by atoms with van der Waals surface area (Å²) in [6.07, 6.45) is 5.53. The van der Waals surface area contributed by atoms with Crippen LogP contribution in [-0.2, 0) is 34.1 Å². The van der Waals surface area contributed by atoms with Gasteiger partial charge in [-0.2, -0.15) is 0 Å². The number of unbranched alkanes of at least 4 members (excludes halogenated alkanes) is 2. The van der Waals surface area contributed by atoms with Gasteiger partial charge in [-0.1, -0.05) is 36.2 Å². The van der Waals surface area contributed by atoms with E-state index in [1.54, 1.807) is 12.1 Å². The van der Waals surface area contributed by atoms with Gasteiger partial charge in [-0.25, -0.2) is 13.1 Å². The van der Waals surface area contributed by atoms with E-state index < -0.39 is 16.0 Å². The number of carboxylic acids is 1. The Balaban J connectivity index is 1.49. The molecule has 2 N–H and O–H groups in total. The Morgan fingerprint density at radius 3 is 2.48 bits per heavy atom. The molecule has 1 atom stereocenters. The third-order valence-electron chi connectivity index (χ3n) is 5.33. The maximum Gasteiger partial charge on any atom is 0.303 e. The zero-order valence-corrected chi connectivity index (χ0v) is 17.8. The Morgan fingerprint density at radius 2 is 1.76 bits per heavy atom. The summed E-state index contributed by atoms with van der Waals surface area (Å²) in [6.45, 7) is 0.407. The second-order valence-corrected chi connectivity index (χ2v) is 9.84. The minimum Gasteiger partial charge on any atom is -0.481 e. The van der Waals surface area contributed by atoms with E-state index in [4.69, 9.17) is 16.7 Å². The fourth-order valence-electron chi connectivity index (χ4n) is 3.77. The van der Waals surface area contributed by atoms with E-state index in [-0.39, 0.29) is 17.2 Å². The summed E-state index contributed by atoms with van der Waals surface area (Å²) >= 11 is 5.83. The smallest absolute Gasteiger partial charge is 0.303 e. The topological polar surface area (TPSA) is 83.5 Å². The third-order valence-corrected chi connectivity index (χ3v) is 7.02. The Morgan fingerprint density at radius 1 is 1.03 bits per heavy atom. The molecule has 0 fully saturated rings. The highest BCUT2D eigenvalue weighted by atomic mass is 35.5. The quantitative estimate of drug-likeness (QED) is 0.547. The van der Waals surface area contributed by atoms with Crippen LogP contribution >= 0.6 is 11.6 Å². The van der Waals surface area contributed by atoms with E-state index in [0.717, 1.165) is 38.5 Å². The molecule has 0 aliphatic heterocycles. The number of sulfonamides is 1. The van der Waals surface area contributed by atoms with E-state index in [0.29, 0.717) is 11.6 Å². The molecule has 0 spiro atoms. The van der Waals surface area contributed by atoms with Crippen molar-refractivity contribution in [3.05, 3.63) is 64.2 Å². The van der Waals surface area contributed by atoms with Crippen LogP contribution < -0.4 is 4.72 Å². The first kappa shape index (κ1) is 21.8. The van der Waals surface area contributed by atoms with Gasteiger partial charge >= 0.3 is 5.97 Å². The van der Waals surface area contributed by atoms with Gasteiger partial charge in [0, 0.05) is 18.0 Å². The molecule has 0 amide bonds. The third kappa shape index (κ3) is 6.29. The number of halogens is 1. The van der Waals surface area contributed by atoms with Crippen LogP contribution in [0.5, 0.6) is 0 Å². The van der Waals surface area contributed by atoms with Crippen LogP contribution in [0.3, 0.4) is 0 Å². The van der Waals surface area contributed by atoms with Crippen molar-refractivity contribution in [3.8, 4) is 0 Å². The number of nitrogens with one attached hydrogen (secondary N) is 1. The maximum atomic E-state index is 12.4. The van der Waals surface area contributed by atoms with E-state index in [2.05, 4.69) is 22.9 Å². The van der Waals surface area contributed by atoms with Crippen LogP contribution in [0.25, 0.3) is 0 Å². The molecule has 2 aromatic rings. The summed E-state index contributed by atoms with van der Waals surface area (Å²) in [5.41, 5.74) is 3.85. The normalized spacial score (nSPS) is 16.0. The number of hydrogen-bond donors (Lipinski definition) is 2. The summed E-state index contributed by atoms with van der Waals surface area (Å²) in [4.78, 5) is 10.8. The van der Waals surface area contributed by atoms with Crippen molar-refractivity contribution >= 4 is 27.6 Å². The molecule has 0 aromatic heterocycles. The standard InChI is InChI=1S/C22H26ClNO4S/c23-20-8-10-21(11-9-20)29(27,28)24-15-17-13-18-7-6-16(12-19(18)14-17)4-2-1-3-5-22(25)26/h6-12,17,24H,1-5,13-15H2,(H,25,26). The van der Waals surface area contributed by atoms with Crippen molar-refractivity contribution in [1.82, 2.24) is 4.72 Å². The van der Waals surface area contributed by atoms with Gasteiger partial charge in [0.15, 0.2) is 0 Å². The van der Waals surface area contributed by atoms with Crippen molar-refractivity contribution in [2.45, 2.75) is 49.8 Å². The summed E-state index contributed by atoms with van der Waals surface area (Å²) < 4.78 is 27.6. The average molecular weight is 436 g/mol. The van der Waals surface area contributed by atoms with E-state index in [1.807, 2.05) is 0 Å². The number of aliphatic carboxylic acids is 1. The second-order valence-electron chi connectivity index (χ2n) is 7.64. The number of fused-ring (bicyclic) bond motifs is 1. The van der Waals surface area contributed by atoms with Crippen LogP contribution in [0, 0.1) is 5.92 Å². The SMILES string of the molecule is O=C(O)CCCCCc1ccc2c(c1)CC(CNS(=O)(=O)c1ccc(Cl)cc1)C2.